The van der Waals surface area contributed by atoms with E-state index in [2.05, 4.69) is 29.2 Å². The minimum absolute atomic E-state index is 0.0663. The molecule has 0 spiro atoms. The molecule has 8 heteroatoms. The Morgan fingerprint density at radius 3 is 3.08 bits per heavy atom. The predicted molar refractivity (Wildman–Crippen MR) is 96.7 cm³/mol. The van der Waals surface area contributed by atoms with Crippen LogP contribution in [0.5, 0.6) is 0 Å². The van der Waals surface area contributed by atoms with E-state index in [0.29, 0.717) is 19.0 Å². The minimum Gasteiger partial charge on any atom is -0.395 e. The predicted octanol–water partition coefficient (Wildman–Crippen LogP) is 2.05. The Morgan fingerprint density at radius 2 is 2.32 bits per heavy atom. The molecule has 4 rings (SSSR count). The molecule has 0 aromatic carbocycles. The molecule has 1 aliphatic heterocycles. The van der Waals surface area contributed by atoms with Gasteiger partial charge in [0.25, 0.3) is 0 Å². The summed E-state index contributed by atoms with van der Waals surface area (Å²) in [4.78, 5) is 11.5. The lowest BCUT2D eigenvalue weighted by Gasteiger charge is -2.30. The maximum atomic E-state index is 9.31. The first-order valence-corrected chi connectivity index (χ1v) is 9.45. The van der Waals surface area contributed by atoms with Crippen molar-refractivity contribution in [1.82, 2.24) is 24.9 Å². The van der Waals surface area contributed by atoms with Crippen LogP contribution in [0.1, 0.15) is 43.5 Å². The van der Waals surface area contributed by atoms with E-state index in [0.717, 1.165) is 28.7 Å². The Kier molecular flexibility index (Phi) is 4.23. The lowest BCUT2D eigenvalue weighted by atomic mass is 9.94. The molecule has 1 unspecified atom stereocenters. The Labute approximate surface area is 150 Å². The molecule has 3 aromatic heterocycles. The number of nitrogens with one attached hydrogen (secondary N) is 1. The molecule has 0 aliphatic carbocycles. The van der Waals surface area contributed by atoms with Crippen LogP contribution >= 0.6 is 11.3 Å². The van der Waals surface area contributed by atoms with E-state index in [1.54, 1.807) is 22.2 Å². The Morgan fingerprint density at radius 1 is 1.48 bits per heavy atom. The van der Waals surface area contributed by atoms with Gasteiger partial charge >= 0.3 is 0 Å². The van der Waals surface area contributed by atoms with Crippen LogP contribution in [0.25, 0.3) is 15.9 Å². The maximum Gasteiger partial charge on any atom is 0.168 e. The van der Waals surface area contributed by atoms with Crippen molar-refractivity contribution in [1.29, 1.82) is 0 Å². The lowest BCUT2D eigenvalue weighted by molar-refractivity contribution is -0.0379. The number of aromatic nitrogens is 4. The van der Waals surface area contributed by atoms with Crippen molar-refractivity contribution >= 4 is 27.2 Å². The summed E-state index contributed by atoms with van der Waals surface area (Å²) < 4.78 is 7.69. The minimum atomic E-state index is -0.173. The van der Waals surface area contributed by atoms with Gasteiger partial charge in [0, 0.05) is 17.3 Å². The summed E-state index contributed by atoms with van der Waals surface area (Å²) in [5, 5.41) is 18.2. The highest BCUT2D eigenvalue weighted by Gasteiger charge is 2.30. The van der Waals surface area contributed by atoms with Crippen molar-refractivity contribution in [3.63, 3.8) is 0 Å². The monoisotopic (exact) mass is 361 g/mol. The summed E-state index contributed by atoms with van der Waals surface area (Å²) in [5.41, 5.74) is 1.98. The molecule has 0 bridgehead atoms. The van der Waals surface area contributed by atoms with Crippen molar-refractivity contribution in [3.8, 4) is 0 Å². The quantitative estimate of drug-likeness (QED) is 0.724. The molecule has 4 heterocycles. The number of aliphatic hydroxyl groups is 1. The topological polar surface area (TPSA) is 84.6 Å². The number of aliphatic hydroxyl groups excluding tert-OH is 1. The number of hydrogen-bond acceptors (Lipinski definition) is 7. The van der Waals surface area contributed by atoms with Gasteiger partial charge in [-0.15, -0.1) is 16.4 Å². The van der Waals surface area contributed by atoms with E-state index in [9.17, 15) is 5.11 Å². The molecule has 3 aromatic rings. The van der Waals surface area contributed by atoms with Gasteiger partial charge in [0.15, 0.2) is 11.5 Å². The van der Waals surface area contributed by atoms with E-state index >= 15 is 0 Å². The van der Waals surface area contributed by atoms with Crippen LogP contribution in [0.15, 0.2) is 6.33 Å². The number of fused-ring (bicyclic) bond motifs is 5. The SMILES string of the molecule is CCC(CO)NCc1nc2c3c4c(sc3ncn2n1)COC(C)(C)C4. The Bertz CT molecular complexity index is 913. The van der Waals surface area contributed by atoms with Gasteiger partial charge in [-0.3, -0.25) is 0 Å². The largest absolute Gasteiger partial charge is 0.395 e. The number of thiophene rings is 1. The Balaban J connectivity index is 1.75. The Hall–Kier alpha value is -1.61. The molecular formula is C17H23N5O2S. The molecule has 1 aliphatic rings. The van der Waals surface area contributed by atoms with Crippen molar-refractivity contribution in [2.75, 3.05) is 6.61 Å². The van der Waals surface area contributed by atoms with E-state index in [-0.39, 0.29) is 18.2 Å². The zero-order valence-electron chi connectivity index (χ0n) is 14.7. The first-order chi connectivity index (χ1) is 12.0. The molecule has 0 saturated carbocycles. The van der Waals surface area contributed by atoms with E-state index in [1.807, 2.05) is 6.92 Å². The van der Waals surface area contributed by atoms with Gasteiger partial charge in [0.2, 0.25) is 0 Å². The number of rotatable bonds is 5. The number of nitrogens with zero attached hydrogens (tertiary/aromatic N) is 4. The molecule has 0 fully saturated rings. The van der Waals surface area contributed by atoms with Crippen molar-refractivity contribution in [3.05, 3.63) is 22.6 Å². The lowest BCUT2D eigenvalue weighted by Crippen LogP contribution is -2.31. The van der Waals surface area contributed by atoms with Crippen LogP contribution in [0.2, 0.25) is 0 Å². The molecule has 0 saturated heterocycles. The highest BCUT2D eigenvalue weighted by molar-refractivity contribution is 7.19. The van der Waals surface area contributed by atoms with Crippen molar-refractivity contribution in [2.45, 2.75) is 58.4 Å². The van der Waals surface area contributed by atoms with Gasteiger partial charge in [0.05, 0.1) is 30.7 Å². The van der Waals surface area contributed by atoms with Crippen molar-refractivity contribution < 1.29 is 9.84 Å². The zero-order chi connectivity index (χ0) is 17.6. The highest BCUT2D eigenvalue weighted by Crippen LogP contribution is 2.39. The van der Waals surface area contributed by atoms with E-state index in [1.165, 1.54) is 10.4 Å². The molecule has 2 N–H and O–H groups in total. The average molecular weight is 361 g/mol. The number of ether oxygens (including phenoxy) is 1. The highest BCUT2D eigenvalue weighted by atomic mass is 32.1. The average Bonchev–Trinajstić information content (AvgIpc) is 3.15. The second-order valence-electron chi connectivity index (χ2n) is 7.12. The number of hydrogen-bond donors (Lipinski definition) is 2. The third-order valence-electron chi connectivity index (χ3n) is 4.71. The van der Waals surface area contributed by atoms with Crippen LogP contribution < -0.4 is 5.32 Å². The van der Waals surface area contributed by atoms with Crippen LogP contribution in [0, 0.1) is 0 Å². The third kappa shape index (κ3) is 3.03. The van der Waals surface area contributed by atoms with Gasteiger partial charge in [-0.1, -0.05) is 6.92 Å². The normalized spacial score (nSPS) is 17.9. The van der Waals surface area contributed by atoms with Gasteiger partial charge in [0.1, 0.15) is 11.2 Å². The van der Waals surface area contributed by atoms with Gasteiger partial charge in [-0.2, -0.15) is 0 Å². The van der Waals surface area contributed by atoms with Crippen LogP contribution in [0.4, 0.5) is 0 Å². The molecule has 0 amide bonds. The molecule has 0 radical (unpaired) electrons. The summed E-state index contributed by atoms with van der Waals surface area (Å²) in [5.74, 6) is 0.715. The smallest absolute Gasteiger partial charge is 0.168 e. The van der Waals surface area contributed by atoms with Crippen LogP contribution in [-0.2, 0) is 24.3 Å². The molecule has 7 nitrogen and oxygen atoms in total. The molecular weight excluding hydrogens is 338 g/mol. The van der Waals surface area contributed by atoms with Gasteiger partial charge in [-0.25, -0.2) is 14.5 Å². The van der Waals surface area contributed by atoms with E-state index in [4.69, 9.17) is 9.72 Å². The summed E-state index contributed by atoms with van der Waals surface area (Å²) >= 11 is 1.68. The van der Waals surface area contributed by atoms with Crippen molar-refractivity contribution in [2.24, 2.45) is 0 Å². The maximum absolute atomic E-state index is 9.31. The van der Waals surface area contributed by atoms with Crippen LogP contribution in [0.3, 0.4) is 0 Å². The standard InChI is InChI=1S/C17H23N5O2S/c1-4-10(7-23)18-6-13-20-15-14-11-5-17(2,3)24-8-12(11)25-16(14)19-9-22(15)21-13/h9-10,18,23H,4-8H2,1-3H3. The fourth-order valence-electron chi connectivity index (χ4n) is 3.23. The summed E-state index contributed by atoms with van der Waals surface area (Å²) in [6.45, 7) is 7.55. The third-order valence-corrected chi connectivity index (χ3v) is 5.83. The molecule has 25 heavy (non-hydrogen) atoms. The second-order valence-corrected chi connectivity index (χ2v) is 8.20. The fourth-order valence-corrected chi connectivity index (χ4v) is 4.30. The second kappa shape index (κ2) is 6.28. The zero-order valence-corrected chi connectivity index (χ0v) is 15.6. The fraction of sp³-hybridized carbons (Fsp3) is 0.588. The first-order valence-electron chi connectivity index (χ1n) is 8.63. The van der Waals surface area contributed by atoms with Gasteiger partial charge in [-0.05, 0) is 25.8 Å². The summed E-state index contributed by atoms with van der Waals surface area (Å²) in [7, 11) is 0. The van der Waals surface area contributed by atoms with Crippen LogP contribution in [-0.4, -0.2) is 42.9 Å². The summed E-state index contributed by atoms with van der Waals surface area (Å²) in [6.07, 6.45) is 3.45. The first kappa shape index (κ1) is 16.8. The summed E-state index contributed by atoms with van der Waals surface area (Å²) in [6, 6.07) is 0.0663. The molecule has 134 valence electrons. The molecule has 1 atom stereocenters. The van der Waals surface area contributed by atoms with Gasteiger partial charge < -0.3 is 15.2 Å². The van der Waals surface area contributed by atoms with E-state index < -0.39 is 0 Å².